The van der Waals surface area contributed by atoms with Crippen LogP contribution in [0, 0.1) is 0 Å². The van der Waals surface area contributed by atoms with Gasteiger partial charge in [-0.2, -0.15) is 0 Å². The molecule has 0 saturated carbocycles. The van der Waals surface area contributed by atoms with E-state index in [0.29, 0.717) is 5.92 Å². The number of carboxylic acid groups (broad SMARTS) is 1. The Morgan fingerprint density at radius 1 is 1.04 bits per heavy atom. The first kappa shape index (κ1) is 16.4. The maximum absolute atomic E-state index is 11.1. The Kier molecular flexibility index (Phi) is 4.76. The van der Waals surface area contributed by atoms with Gasteiger partial charge in [0, 0.05) is 28.4 Å². The minimum Gasteiger partial charge on any atom is -0.550 e. The van der Waals surface area contributed by atoms with Gasteiger partial charge in [-0.05, 0) is 11.5 Å². The third kappa shape index (κ3) is 3.54. The summed E-state index contributed by atoms with van der Waals surface area (Å²) in [6, 6.07) is 18.0. The van der Waals surface area contributed by atoms with Crippen molar-refractivity contribution in [2.45, 2.75) is 26.2 Å². The number of rotatable bonds is 5. The van der Waals surface area contributed by atoms with Crippen LogP contribution < -0.4 is 5.11 Å². The maximum Gasteiger partial charge on any atom is 0.124 e. The molecule has 0 fully saturated rings. The molecule has 2 aromatic carbocycles. The van der Waals surface area contributed by atoms with Crippen LogP contribution in [0.15, 0.2) is 54.6 Å². The van der Waals surface area contributed by atoms with Crippen molar-refractivity contribution in [3.05, 3.63) is 65.0 Å². The van der Waals surface area contributed by atoms with Gasteiger partial charge in [-0.3, -0.25) is 0 Å². The van der Waals surface area contributed by atoms with Gasteiger partial charge in [0.05, 0.1) is 5.69 Å². The largest absolute Gasteiger partial charge is 0.550 e. The zero-order valence-electron chi connectivity index (χ0n) is 13.7. The molecule has 1 aromatic heterocycles. The number of carbonyl (C=O) groups is 1. The lowest BCUT2D eigenvalue weighted by Gasteiger charge is -2.05. The molecular weight excluding hydrogens is 318 g/mol. The fraction of sp³-hybridized carbons (Fsp3) is 0.200. The second kappa shape index (κ2) is 6.97. The highest BCUT2D eigenvalue weighted by Crippen LogP contribution is 2.34. The average molecular weight is 336 g/mol. The standard InChI is InChI=1S/C20H19NO2S/c1-13(2)14-8-10-16(11-9-14)20-21-19(15-6-4-3-5-7-15)17(24-20)12-18(22)23/h3-11,13H,12H2,1-2H3,(H,22,23)/p-1. The number of carboxylic acids is 1. The number of benzene rings is 2. The molecule has 0 saturated heterocycles. The molecule has 0 aliphatic rings. The first-order valence-electron chi connectivity index (χ1n) is 7.90. The molecule has 0 spiro atoms. The third-order valence-corrected chi connectivity index (χ3v) is 4.98. The van der Waals surface area contributed by atoms with E-state index in [-0.39, 0.29) is 6.42 Å². The van der Waals surface area contributed by atoms with Crippen molar-refractivity contribution in [2.75, 3.05) is 0 Å². The van der Waals surface area contributed by atoms with Crippen molar-refractivity contribution >= 4 is 17.3 Å². The molecule has 0 aliphatic carbocycles. The molecule has 3 nitrogen and oxygen atoms in total. The van der Waals surface area contributed by atoms with E-state index in [9.17, 15) is 9.90 Å². The van der Waals surface area contributed by atoms with Crippen LogP contribution in [0.1, 0.15) is 30.2 Å². The minimum absolute atomic E-state index is 0.119. The predicted octanol–water partition coefficient (Wildman–Crippen LogP) is 3.89. The van der Waals surface area contributed by atoms with Gasteiger partial charge < -0.3 is 9.90 Å². The minimum atomic E-state index is -1.09. The highest BCUT2D eigenvalue weighted by Gasteiger charge is 2.14. The van der Waals surface area contributed by atoms with Gasteiger partial charge in [-0.25, -0.2) is 4.98 Å². The molecule has 3 aromatic rings. The van der Waals surface area contributed by atoms with E-state index >= 15 is 0 Å². The zero-order valence-corrected chi connectivity index (χ0v) is 14.5. The molecule has 0 N–H and O–H groups in total. The van der Waals surface area contributed by atoms with Crippen molar-refractivity contribution in [2.24, 2.45) is 0 Å². The van der Waals surface area contributed by atoms with Crippen molar-refractivity contribution in [1.29, 1.82) is 0 Å². The molecule has 0 radical (unpaired) electrons. The molecule has 0 atom stereocenters. The number of aromatic nitrogens is 1. The lowest BCUT2D eigenvalue weighted by atomic mass is 10.0. The molecule has 3 rings (SSSR count). The van der Waals surface area contributed by atoms with Gasteiger partial charge >= 0.3 is 0 Å². The molecule has 4 heteroatoms. The van der Waals surface area contributed by atoms with Gasteiger partial charge in [0.2, 0.25) is 0 Å². The van der Waals surface area contributed by atoms with Crippen LogP contribution in [0.25, 0.3) is 21.8 Å². The molecule has 0 aliphatic heterocycles. The summed E-state index contributed by atoms with van der Waals surface area (Å²) < 4.78 is 0. The van der Waals surface area contributed by atoms with E-state index < -0.39 is 5.97 Å². The number of hydrogen-bond acceptors (Lipinski definition) is 4. The highest BCUT2D eigenvalue weighted by molar-refractivity contribution is 7.15. The van der Waals surface area contributed by atoms with Gasteiger partial charge in [0.15, 0.2) is 0 Å². The quantitative estimate of drug-likeness (QED) is 0.710. The van der Waals surface area contributed by atoms with Crippen LogP contribution in [-0.4, -0.2) is 11.0 Å². The molecule has 0 amide bonds. The average Bonchev–Trinajstić information content (AvgIpc) is 2.99. The van der Waals surface area contributed by atoms with E-state index in [4.69, 9.17) is 4.98 Å². The SMILES string of the molecule is CC(C)c1ccc(-c2nc(-c3ccccc3)c(CC(=O)[O-])s2)cc1. The summed E-state index contributed by atoms with van der Waals surface area (Å²) in [6.45, 7) is 4.31. The molecule has 24 heavy (non-hydrogen) atoms. The number of carbonyl (C=O) groups excluding carboxylic acids is 1. The van der Waals surface area contributed by atoms with Crippen molar-refractivity contribution in [3.63, 3.8) is 0 Å². The first-order valence-corrected chi connectivity index (χ1v) is 8.71. The molecule has 1 heterocycles. The summed E-state index contributed by atoms with van der Waals surface area (Å²) in [7, 11) is 0. The van der Waals surface area contributed by atoms with E-state index in [1.807, 2.05) is 42.5 Å². The Morgan fingerprint density at radius 2 is 1.71 bits per heavy atom. The van der Waals surface area contributed by atoms with Crippen molar-refractivity contribution in [3.8, 4) is 21.8 Å². The first-order chi connectivity index (χ1) is 11.5. The smallest absolute Gasteiger partial charge is 0.124 e. The normalized spacial score (nSPS) is 11.0. The summed E-state index contributed by atoms with van der Waals surface area (Å²) >= 11 is 1.42. The summed E-state index contributed by atoms with van der Waals surface area (Å²) in [6.07, 6.45) is -0.119. The number of hydrogen-bond donors (Lipinski definition) is 0. The second-order valence-corrected chi connectivity index (χ2v) is 7.07. The lowest BCUT2D eigenvalue weighted by molar-refractivity contribution is -0.304. The number of nitrogens with zero attached hydrogens (tertiary/aromatic N) is 1. The lowest BCUT2D eigenvalue weighted by Crippen LogP contribution is -2.24. The molecule has 0 bridgehead atoms. The third-order valence-electron chi connectivity index (χ3n) is 3.87. The Hall–Kier alpha value is -2.46. The Balaban J connectivity index is 2.03. The van der Waals surface area contributed by atoms with Gasteiger partial charge in [0.1, 0.15) is 5.01 Å². The monoisotopic (exact) mass is 336 g/mol. The number of aliphatic carboxylic acids is 1. The van der Waals surface area contributed by atoms with Crippen LogP contribution in [0.4, 0.5) is 0 Å². The van der Waals surface area contributed by atoms with Gasteiger partial charge in [-0.1, -0.05) is 68.4 Å². The summed E-state index contributed by atoms with van der Waals surface area (Å²) in [4.78, 5) is 16.5. The van der Waals surface area contributed by atoms with E-state index in [1.165, 1.54) is 16.9 Å². The van der Waals surface area contributed by atoms with Crippen LogP contribution >= 0.6 is 11.3 Å². The summed E-state index contributed by atoms with van der Waals surface area (Å²) in [5, 5.41) is 11.9. The number of thiazole rings is 1. The van der Waals surface area contributed by atoms with Crippen molar-refractivity contribution in [1.82, 2.24) is 4.98 Å². The predicted molar refractivity (Wildman–Crippen MR) is 95.8 cm³/mol. The van der Waals surface area contributed by atoms with Crippen LogP contribution in [-0.2, 0) is 11.2 Å². The molecular formula is C20H18NO2S-. The topological polar surface area (TPSA) is 53.0 Å². The van der Waals surface area contributed by atoms with Crippen LogP contribution in [0.2, 0.25) is 0 Å². The second-order valence-electron chi connectivity index (χ2n) is 5.98. The zero-order chi connectivity index (χ0) is 17.1. The van der Waals surface area contributed by atoms with Crippen molar-refractivity contribution < 1.29 is 9.90 Å². The Bertz CT molecular complexity index is 836. The Labute approximate surface area is 145 Å². The van der Waals surface area contributed by atoms with E-state index in [1.54, 1.807) is 0 Å². The fourth-order valence-corrected chi connectivity index (χ4v) is 3.63. The van der Waals surface area contributed by atoms with Crippen LogP contribution in [0.3, 0.4) is 0 Å². The summed E-state index contributed by atoms with van der Waals surface area (Å²) in [5.41, 5.74) is 3.93. The van der Waals surface area contributed by atoms with E-state index in [0.717, 1.165) is 26.7 Å². The highest BCUT2D eigenvalue weighted by atomic mass is 32.1. The van der Waals surface area contributed by atoms with E-state index in [2.05, 4.69) is 26.0 Å². The van der Waals surface area contributed by atoms with Gasteiger partial charge in [-0.15, -0.1) is 11.3 Å². The fourth-order valence-electron chi connectivity index (χ4n) is 2.56. The van der Waals surface area contributed by atoms with Gasteiger partial charge in [0.25, 0.3) is 0 Å². The maximum atomic E-state index is 11.1. The molecule has 122 valence electrons. The Morgan fingerprint density at radius 3 is 2.29 bits per heavy atom. The molecule has 0 unspecified atom stereocenters. The summed E-state index contributed by atoms with van der Waals surface area (Å²) in [5.74, 6) is -0.610. The van der Waals surface area contributed by atoms with Crippen LogP contribution in [0.5, 0.6) is 0 Å².